The molecule has 0 fully saturated rings. The van der Waals surface area contributed by atoms with Crippen molar-refractivity contribution in [3.05, 3.63) is 41.5 Å². The molecular formula is C13H19NO. The van der Waals surface area contributed by atoms with Gasteiger partial charge >= 0.3 is 0 Å². The molecule has 15 heavy (non-hydrogen) atoms. The van der Waals surface area contributed by atoms with E-state index in [4.69, 9.17) is 5.11 Å². The topological polar surface area (TPSA) is 32.3 Å². The molecule has 0 aliphatic rings. The van der Waals surface area contributed by atoms with Crippen LogP contribution in [0.15, 0.2) is 35.9 Å². The highest BCUT2D eigenvalue weighted by atomic mass is 16.3. The maximum absolute atomic E-state index is 8.86. The van der Waals surface area contributed by atoms with Gasteiger partial charge in [-0.25, -0.2) is 0 Å². The molecular weight excluding hydrogens is 186 g/mol. The van der Waals surface area contributed by atoms with Crippen LogP contribution >= 0.6 is 0 Å². The minimum atomic E-state index is 0.157. The lowest BCUT2D eigenvalue weighted by Crippen LogP contribution is -2.30. The van der Waals surface area contributed by atoms with Crippen LogP contribution in [-0.4, -0.2) is 24.3 Å². The second-order valence-corrected chi connectivity index (χ2v) is 3.87. The van der Waals surface area contributed by atoms with Crippen molar-refractivity contribution < 1.29 is 5.11 Å². The van der Waals surface area contributed by atoms with Gasteiger partial charge in [-0.05, 0) is 19.4 Å². The lowest BCUT2D eigenvalue weighted by Gasteiger charge is -2.10. The van der Waals surface area contributed by atoms with Crippen LogP contribution in [0.5, 0.6) is 0 Å². The molecule has 2 heteroatoms. The smallest absolute Gasteiger partial charge is 0.0582 e. The predicted molar refractivity (Wildman–Crippen MR) is 64.6 cm³/mol. The van der Waals surface area contributed by atoms with Crippen LogP contribution in [-0.2, 0) is 0 Å². The first-order valence-electron chi connectivity index (χ1n) is 5.29. The highest BCUT2D eigenvalue weighted by Crippen LogP contribution is 2.05. The highest BCUT2D eigenvalue weighted by Gasteiger charge is 1.97. The number of rotatable bonds is 5. The summed E-state index contributed by atoms with van der Waals surface area (Å²) in [5.41, 5.74) is 2.48. The molecule has 1 aromatic carbocycles. The molecule has 0 spiro atoms. The molecule has 1 unspecified atom stereocenters. The number of benzene rings is 1. The Hall–Kier alpha value is -1.12. The zero-order valence-corrected chi connectivity index (χ0v) is 9.40. The number of hydrogen-bond donors (Lipinski definition) is 2. The molecule has 0 heterocycles. The van der Waals surface area contributed by atoms with Crippen molar-refractivity contribution in [1.82, 2.24) is 5.32 Å². The van der Waals surface area contributed by atoms with Gasteiger partial charge in [0.25, 0.3) is 0 Å². The fourth-order valence-electron chi connectivity index (χ4n) is 1.28. The first-order chi connectivity index (χ1) is 7.22. The van der Waals surface area contributed by atoms with Crippen LogP contribution in [0.2, 0.25) is 0 Å². The standard InChI is InChI=1S/C13H19NO/c1-11(9-14-12(2)10-15)8-13-6-4-3-5-7-13/h3-8,12,14-15H,9-10H2,1-2H3/b11-8+. The molecule has 0 aliphatic carbocycles. The van der Waals surface area contributed by atoms with Crippen LogP contribution in [0.3, 0.4) is 0 Å². The summed E-state index contributed by atoms with van der Waals surface area (Å²) in [6, 6.07) is 10.4. The molecule has 0 aliphatic heterocycles. The number of nitrogens with one attached hydrogen (secondary N) is 1. The van der Waals surface area contributed by atoms with E-state index in [0.29, 0.717) is 0 Å². The van der Waals surface area contributed by atoms with E-state index in [9.17, 15) is 0 Å². The van der Waals surface area contributed by atoms with E-state index >= 15 is 0 Å². The van der Waals surface area contributed by atoms with E-state index < -0.39 is 0 Å². The number of aliphatic hydroxyl groups excluding tert-OH is 1. The molecule has 0 saturated carbocycles. The van der Waals surface area contributed by atoms with Gasteiger partial charge in [0.1, 0.15) is 0 Å². The summed E-state index contributed by atoms with van der Waals surface area (Å²) in [4.78, 5) is 0. The van der Waals surface area contributed by atoms with Gasteiger partial charge in [0.05, 0.1) is 6.61 Å². The van der Waals surface area contributed by atoms with Gasteiger partial charge in [-0.1, -0.05) is 42.0 Å². The van der Waals surface area contributed by atoms with E-state index in [1.54, 1.807) is 0 Å². The third kappa shape index (κ3) is 4.77. The van der Waals surface area contributed by atoms with Crippen molar-refractivity contribution in [1.29, 1.82) is 0 Å². The van der Waals surface area contributed by atoms with Crippen molar-refractivity contribution in [2.24, 2.45) is 0 Å². The van der Waals surface area contributed by atoms with Crippen LogP contribution in [0.25, 0.3) is 6.08 Å². The van der Waals surface area contributed by atoms with Crippen molar-refractivity contribution in [2.75, 3.05) is 13.2 Å². The van der Waals surface area contributed by atoms with Gasteiger partial charge in [0.15, 0.2) is 0 Å². The quantitative estimate of drug-likeness (QED) is 0.771. The molecule has 0 radical (unpaired) electrons. The molecule has 82 valence electrons. The summed E-state index contributed by atoms with van der Waals surface area (Å²) in [5, 5.41) is 12.1. The minimum absolute atomic E-state index is 0.157. The van der Waals surface area contributed by atoms with Gasteiger partial charge in [0, 0.05) is 12.6 Å². The number of aliphatic hydroxyl groups is 1. The van der Waals surface area contributed by atoms with Crippen molar-refractivity contribution >= 4 is 6.08 Å². The van der Waals surface area contributed by atoms with E-state index in [2.05, 4.69) is 30.4 Å². The molecule has 0 aromatic heterocycles. The van der Waals surface area contributed by atoms with Crippen LogP contribution in [0.1, 0.15) is 19.4 Å². The van der Waals surface area contributed by atoms with Crippen molar-refractivity contribution in [2.45, 2.75) is 19.9 Å². The third-order valence-electron chi connectivity index (χ3n) is 2.22. The number of hydrogen-bond acceptors (Lipinski definition) is 2. The van der Waals surface area contributed by atoms with Crippen LogP contribution in [0, 0.1) is 0 Å². The molecule has 0 amide bonds. The highest BCUT2D eigenvalue weighted by molar-refractivity contribution is 5.52. The summed E-state index contributed by atoms with van der Waals surface area (Å²) >= 11 is 0. The van der Waals surface area contributed by atoms with Crippen LogP contribution < -0.4 is 5.32 Å². The largest absolute Gasteiger partial charge is 0.395 e. The lowest BCUT2D eigenvalue weighted by molar-refractivity contribution is 0.254. The molecule has 0 bridgehead atoms. The van der Waals surface area contributed by atoms with Gasteiger partial charge in [-0.2, -0.15) is 0 Å². The summed E-state index contributed by atoms with van der Waals surface area (Å²) in [7, 11) is 0. The molecule has 1 atom stereocenters. The molecule has 1 rings (SSSR count). The van der Waals surface area contributed by atoms with Gasteiger partial charge < -0.3 is 10.4 Å². The Morgan fingerprint density at radius 3 is 2.67 bits per heavy atom. The minimum Gasteiger partial charge on any atom is -0.395 e. The Kier molecular flexibility index (Phi) is 5.08. The van der Waals surface area contributed by atoms with E-state index in [0.717, 1.165) is 6.54 Å². The lowest BCUT2D eigenvalue weighted by atomic mass is 10.1. The zero-order valence-electron chi connectivity index (χ0n) is 9.40. The van der Waals surface area contributed by atoms with Gasteiger partial charge in [-0.3, -0.25) is 0 Å². The molecule has 1 aromatic rings. The fourth-order valence-corrected chi connectivity index (χ4v) is 1.28. The Morgan fingerprint density at radius 1 is 1.40 bits per heavy atom. The Balaban J connectivity index is 2.46. The fraction of sp³-hybridized carbons (Fsp3) is 0.385. The van der Waals surface area contributed by atoms with Crippen molar-refractivity contribution in [3.63, 3.8) is 0 Å². The first kappa shape index (κ1) is 12.0. The Labute approximate surface area is 91.6 Å². The molecule has 0 saturated heterocycles. The summed E-state index contributed by atoms with van der Waals surface area (Å²) in [6.45, 7) is 5.05. The normalized spacial score (nSPS) is 13.9. The average molecular weight is 205 g/mol. The maximum atomic E-state index is 8.86. The zero-order chi connectivity index (χ0) is 11.1. The average Bonchev–Trinajstić information content (AvgIpc) is 2.27. The molecule has 2 nitrogen and oxygen atoms in total. The van der Waals surface area contributed by atoms with E-state index in [1.165, 1.54) is 11.1 Å². The van der Waals surface area contributed by atoms with Gasteiger partial charge in [-0.15, -0.1) is 0 Å². The van der Waals surface area contributed by atoms with E-state index in [-0.39, 0.29) is 12.6 Å². The second kappa shape index (κ2) is 6.38. The first-order valence-corrected chi connectivity index (χ1v) is 5.29. The van der Waals surface area contributed by atoms with Crippen LogP contribution in [0.4, 0.5) is 0 Å². The Morgan fingerprint density at radius 2 is 2.07 bits per heavy atom. The monoisotopic (exact) mass is 205 g/mol. The predicted octanol–water partition coefficient (Wildman–Crippen LogP) is 2.06. The SMILES string of the molecule is C/C(=C\c1ccccc1)CNC(C)CO. The van der Waals surface area contributed by atoms with Crippen molar-refractivity contribution in [3.8, 4) is 0 Å². The summed E-state index contributed by atoms with van der Waals surface area (Å²) in [5.74, 6) is 0. The molecule has 2 N–H and O–H groups in total. The summed E-state index contributed by atoms with van der Waals surface area (Å²) in [6.07, 6.45) is 2.15. The van der Waals surface area contributed by atoms with E-state index in [1.807, 2.05) is 25.1 Å². The van der Waals surface area contributed by atoms with Gasteiger partial charge in [0.2, 0.25) is 0 Å². The summed E-state index contributed by atoms with van der Waals surface area (Å²) < 4.78 is 0. The second-order valence-electron chi connectivity index (χ2n) is 3.87. The maximum Gasteiger partial charge on any atom is 0.0582 e. The third-order valence-corrected chi connectivity index (χ3v) is 2.22. The Bertz CT molecular complexity index is 306.